The van der Waals surface area contributed by atoms with E-state index < -0.39 is 10.0 Å². The van der Waals surface area contributed by atoms with E-state index in [1.807, 2.05) is 4.90 Å². The number of carbonyl (C=O) groups is 1. The maximum Gasteiger partial charge on any atom is 0.253 e. The van der Waals surface area contributed by atoms with E-state index in [0.717, 1.165) is 51.6 Å². The molecule has 0 radical (unpaired) electrons. The number of hydrogen-bond acceptors (Lipinski definition) is 3. The summed E-state index contributed by atoms with van der Waals surface area (Å²) in [6.45, 7) is 4.01. The van der Waals surface area contributed by atoms with Crippen LogP contribution >= 0.6 is 0 Å². The lowest BCUT2D eigenvalue weighted by Crippen LogP contribution is -2.35. The number of nitrogens with zero attached hydrogens (tertiary/aromatic N) is 1. The van der Waals surface area contributed by atoms with E-state index in [-0.39, 0.29) is 10.8 Å². The Morgan fingerprint density at radius 3 is 2.61 bits per heavy atom. The van der Waals surface area contributed by atoms with E-state index in [9.17, 15) is 13.2 Å². The van der Waals surface area contributed by atoms with Crippen LogP contribution in [0.4, 0.5) is 0 Å². The molecular weight excluding hydrogens is 312 g/mol. The van der Waals surface area contributed by atoms with Crippen LogP contribution < -0.4 is 4.72 Å². The molecule has 2 rings (SSSR count). The summed E-state index contributed by atoms with van der Waals surface area (Å²) < 4.78 is 27.2. The molecule has 1 aliphatic rings. The van der Waals surface area contributed by atoms with Crippen LogP contribution in [0, 0.1) is 0 Å². The first-order chi connectivity index (χ1) is 11.0. The minimum Gasteiger partial charge on any atom is -0.339 e. The number of piperidine rings is 1. The van der Waals surface area contributed by atoms with E-state index in [2.05, 4.69) is 11.6 Å². The molecule has 0 unspecified atom stereocenters. The minimum atomic E-state index is -3.55. The second-order valence-electron chi connectivity index (χ2n) is 5.99. The van der Waals surface area contributed by atoms with Crippen molar-refractivity contribution < 1.29 is 13.2 Å². The molecule has 1 heterocycles. The molecule has 1 N–H and O–H groups in total. The van der Waals surface area contributed by atoms with E-state index in [0.29, 0.717) is 12.1 Å². The molecule has 0 aliphatic carbocycles. The highest BCUT2D eigenvalue weighted by Gasteiger charge is 2.20. The Hall–Kier alpha value is -1.40. The van der Waals surface area contributed by atoms with Crippen molar-refractivity contribution in [1.29, 1.82) is 0 Å². The van der Waals surface area contributed by atoms with Crippen LogP contribution in [-0.2, 0) is 10.0 Å². The van der Waals surface area contributed by atoms with Crippen molar-refractivity contribution >= 4 is 15.9 Å². The minimum absolute atomic E-state index is 0.0762. The number of benzene rings is 1. The fraction of sp³-hybridized carbons (Fsp3) is 0.588. The van der Waals surface area contributed by atoms with Crippen molar-refractivity contribution in [3.8, 4) is 0 Å². The molecule has 0 aromatic heterocycles. The van der Waals surface area contributed by atoms with Crippen molar-refractivity contribution in [3.63, 3.8) is 0 Å². The number of hydrogen-bond donors (Lipinski definition) is 1. The van der Waals surface area contributed by atoms with Gasteiger partial charge in [0.15, 0.2) is 0 Å². The van der Waals surface area contributed by atoms with Crippen LogP contribution in [0.15, 0.2) is 29.2 Å². The normalized spacial score (nSPS) is 15.6. The molecule has 5 nitrogen and oxygen atoms in total. The average molecular weight is 338 g/mol. The van der Waals surface area contributed by atoms with Crippen molar-refractivity contribution in [2.75, 3.05) is 19.6 Å². The number of amides is 1. The quantitative estimate of drug-likeness (QED) is 0.778. The van der Waals surface area contributed by atoms with E-state index in [1.54, 1.807) is 12.1 Å². The molecule has 1 aromatic rings. The zero-order valence-corrected chi connectivity index (χ0v) is 14.6. The van der Waals surface area contributed by atoms with Crippen LogP contribution in [0.3, 0.4) is 0 Å². The standard InChI is InChI=1S/C17H26N2O3S/c1-2-3-5-11-18-23(21,22)16-10-8-9-15(14-16)17(20)19-12-6-4-7-13-19/h8-10,14,18H,2-7,11-13H2,1H3. The summed E-state index contributed by atoms with van der Waals surface area (Å²) in [7, 11) is -3.55. The molecular formula is C17H26N2O3S. The monoisotopic (exact) mass is 338 g/mol. The molecule has 6 heteroatoms. The van der Waals surface area contributed by atoms with Gasteiger partial charge in [0.05, 0.1) is 4.90 Å². The zero-order valence-electron chi connectivity index (χ0n) is 13.8. The summed E-state index contributed by atoms with van der Waals surface area (Å²) in [5, 5.41) is 0. The molecule has 0 saturated carbocycles. The smallest absolute Gasteiger partial charge is 0.253 e. The average Bonchev–Trinajstić information content (AvgIpc) is 2.59. The summed E-state index contributed by atoms with van der Waals surface area (Å²) >= 11 is 0. The first kappa shape index (κ1) is 17.9. The number of rotatable bonds is 7. The van der Waals surface area contributed by atoms with Gasteiger partial charge in [-0.25, -0.2) is 13.1 Å². The fourth-order valence-electron chi connectivity index (χ4n) is 2.74. The summed E-state index contributed by atoms with van der Waals surface area (Å²) in [6.07, 6.45) is 6.05. The molecule has 0 atom stereocenters. The predicted octanol–water partition coefficient (Wildman–Crippen LogP) is 2.78. The Morgan fingerprint density at radius 1 is 1.17 bits per heavy atom. The van der Waals surface area contributed by atoms with Gasteiger partial charge < -0.3 is 4.90 Å². The Labute approximate surface area is 139 Å². The van der Waals surface area contributed by atoms with E-state index >= 15 is 0 Å². The Kier molecular flexibility index (Phi) is 6.59. The third kappa shape index (κ3) is 5.04. The third-order valence-electron chi connectivity index (χ3n) is 4.11. The molecule has 1 saturated heterocycles. The highest BCUT2D eigenvalue weighted by atomic mass is 32.2. The maximum atomic E-state index is 12.5. The first-order valence-corrected chi connectivity index (χ1v) is 9.92. The van der Waals surface area contributed by atoms with Crippen LogP contribution in [-0.4, -0.2) is 38.9 Å². The van der Waals surface area contributed by atoms with Gasteiger partial charge in [0.25, 0.3) is 5.91 Å². The SMILES string of the molecule is CCCCCNS(=O)(=O)c1cccc(C(=O)N2CCCCC2)c1. The molecule has 0 spiro atoms. The van der Waals surface area contributed by atoms with Gasteiger partial charge in [-0.3, -0.25) is 4.79 Å². The van der Waals surface area contributed by atoms with Crippen LogP contribution in [0.1, 0.15) is 55.8 Å². The van der Waals surface area contributed by atoms with Crippen LogP contribution in [0.5, 0.6) is 0 Å². The van der Waals surface area contributed by atoms with Gasteiger partial charge in [-0.2, -0.15) is 0 Å². The van der Waals surface area contributed by atoms with Gasteiger partial charge in [-0.1, -0.05) is 25.8 Å². The Balaban J connectivity index is 2.07. The highest BCUT2D eigenvalue weighted by Crippen LogP contribution is 2.16. The largest absolute Gasteiger partial charge is 0.339 e. The molecule has 1 amide bonds. The second-order valence-corrected chi connectivity index (χ2v) is 7.75. The summed E-state index contributed by atoms with van der Waals surface area (Å²) in [5.74, 6) is -0.0762. The highest BCUT2D eigenvalue weighted by molar-refractivity contribution is 7.89. The third-order valence-corrected chi connectivity index (χ3v) is 5.57. The topological polar surface area (TPSA) is 66.5 Å². The number of sulfonamides is 1. The van der Waals surface area contributed by atoms with Gasteiger partial charge in [0.1, 0.15) is 0 Å². The molecule has 23 heavy (non-hydrogen) atoms. The molecule has 1 aromatic carbocycles. The van der Waals surface area contributed by atoms with E-state index in [4.69, 9.17) is 0 Å². The predicted molar refractivity (Wildman–Crippen MR) is 90.9 cm³/mol. The number of carbonyl (C=O) groups excluding carboxylic acids is 1. The molecule has 0 bridgehead atoms. The summed E-state index contributed by atoms with van der Waals surface area (Å²) in [5.41, 5.74) is 0.448. The molecule has 1 aliphatic heterocycles. The first-order valence-electron chi connectivity index (χ1n) is 8.43. The van der Waals surface area contributed by atoms with Crippen molar-refractivity contribution in [3.05, 3.63) is 29.8 Å². The van der Waals surface area contributed by atoms with Gasteiger partial charge >= 0.3 is 0 Å². The van der Waals surface area contributed by atoms with Crippen molar-refractivity contribution in [1.82, 2.24) is 9.62 Å². The fourth-order valence-corrected chi connectivity index (χ4v) is 3.86. The summed E-state index contributed by atoms with van der Waals surface area (Å²) in [4.78, 5) is 14.5. The van der Waals surface area contributed by atoms with E-state index in [1.165, 1.54) is 12.1 Å². The van der Waals surface area contributed by atoms with Crippen molar-refractivity contribution in [2.24, 2.45) is 0 Å². The number of likely N-dealkylation sites (tertiary alicyclic amines) is 1. The molecule has 128 valence electrons. The van der Waals surface area contributed by atoms with Crippen LogP contribution in [0.2, 0.25) is 0 Å². The second kappa shape index (κ2) is 8.45. The van der Waals surface area contributed by atoms with Crippen LogP contribution in [0.25, 0.3) is 0 Å². The lowest BCUT2D eigenvalue weighted by atomic mass is 10.1. The lowest BCUT2D eigenvalue weighted by molar-refractivity contribution is 0.0724. The Morgan fingerprint density at radius 2 is 1.91 bits per heavy atom. The molecule has 1 fully saturated rings. The Bertz CT molecular complexity index is 622. The summed E-state index contributed by atoms with van der Waals surface area (Å²) in [6, 6.07) is 6.35. The zero-order chi connectivity index (χ0) is 16.7. The van der Waals surface area contributed by atoms with Gasteiger partial charge in [0.2, 0.25) is 10.0 Å². The van der Waals surface area contributed by atoms with Gasteiger partial charge in [-0.05, 0) is 43.9 Å². The maximum absolute atomic E-state index is 12.5. The lowest BCUT2D eigenvalue weighted by Gasteiger charge is -2.26. The van der Waals surface area contributed by atoms with Gasteiger partial charge in [-0.15, -0.1) is 0 Å². The van der Waals surface area contributed by atoms with Gasteiger partial charge in [0, 0.05) is 25.2 Å². The van der Waals surface area contributed by atoms with Crippen molar-refractivity contribution in [2.45, 2.75) is 50.3 Å². The number of nitrogens with one attached hydrogen (secondary N) is 1. The number of unbranched alkanes of at least 4 members (excludes halogenated alkanes) is 2.